The Kier molecular flexibility index (Phi) is 4.38. The summed E-state index contributed by atoms with van der Waals surface area (Å²) >= 11 is 1.93. The SMILES string of the molecule is CCC1CN(Cc2ccc(C)s2)CCCN1. The molecule has 1 aliphatic rings. The number of hydrogen-bond donors (Lipinski definition) is 1. The van der Waals surface area contributed by atoms with Crippen LogP contribution in [0.15, 0.2) is 12.1 Å². The van der Waals surface area contributed by atoms with Crippen LogP contribution in [0, 0.1) is 6.92 Å². The first-order valence-electron chi connectivity index (χ1n) is 6.29. The molecule has 0 spiro atoms. The van der Waals surface area contributed by atoms with Gasteiger partial charge in [-0.2, -0.15) is 0 Å². The van der Waals surface area contributed by atoms with Gasteiger partial charge in [-0.3, -0.25) is 4.90 Å². The normalized spacial score (nSPS) is 23.2. The van der Waals surface area contributed by atoms with Crippen molar-refractivity contribution < 1.29 is 0 Å². The van der Waals surface area contributed by atoms with Gasteiger partial charge < -0.3 is 5.32 Å². The minimum atomic E-state index is 0.684. The van der Waals surface area contributed by atoms with Crippen molar-refractivity contribution in [3.05, 3.63) is 21.9 Å². The first-order valence-corrected chi connectivity index (χ1v) is 7.10. The smallest absolute Gasteiger partial charge is 0.0328 e. The van der Waals surface area contributed by atoms with Crippen molar-refractivity contribution in [1.82, 2.24) is 10.2 Å². The van der Waals surface area contributed by atoms with E-state index in [2.05, 4.69) is 36.2 Å². The lowest BCUT2D eigenvalue weighted by molar-refractivity contribution is 0.259. The molecule has 0 bridgehead atoms. The summed E-state index contributed by atoms with van der Waals surface area (Å²) in [5, 5.41) is 3.61. The molecule has 1 fully saturated rings. The third kappa shape index (κ3) is 3.30. The highest BCUT2D eigenvalue weighted by molar-refractivity contribution is 7.11. The zero-order valence-electron chi connectivity index (χ0n) is 10.3. The van der Waals surface area contributed by atoms with Crippen LogP contribution in [0.1, 0.15) is 29.5 Å². The van der Waals surface area contributed by atoms with Crippen molar-refractivity contribution in [2.24, 2.45) is 0 Å². The Balaban J connectivity index is 1.92. The van der Waals surface area contributed by atoms with Crippen molar-refractivity contribution in [3.8, 4) is 0 Å². The second-order valence-corrected chi connectivity index (χ2v) is 6.03. The molecule has 1 aliphatic heterocycles. The van der Waals surface area contributed by atoms with Crippen LogP contribution >= 0.6 is 11.3 Å². The molecule has 2 rings (SSSR count). The fourth-order valence-corrected chi connectivity index (χ4v) is 3.22. The van der Waals surface area contributed by atoms with Crippen molar-refractivity contribution in [2.45, 2.75) is 39.3 Å². The van der Waals surface area contributed by atoms with Crippen molar-refractivity contribution in [3.63, 3.8) is 0 Å². The number of nitrogens with one attached hydrogen (secondary N) is 1. The summed E-state index contributed by atoms with van der Waals surface area (Å²) < 4.78 is 0. The maximum Gasteiger partial charge on any atom is 0.0328 e. The number of nitrogens with zero attached hydrogens (tertiary/aromatic N) is 1. The van der Waals surface area contributed by atoms with Crippen LogP contribution in [0.4, 0.5) is 0 Å². The van der Waals surface area contributed by atoms with Gasteiger partial charge in [0, 0.05) is 28.9 Å². The van der Waals surface area contributed by atoms with E-state index in [9.17, 15) is 0 Å². The van der Waals surface area contributed by atoms with Crippen LogP contribution in [0.2, 0.25) is 0 Å². The predicted octanol–water partition coefficient (Wildman–Crippen LogP) is 2.63. The van der Waals surface area contributed by atoms with Gasteiger partial charge >= 0.3 is 0 Å². The Bertz CT molecular complexity index is 321. The van der Waals surface area contributed by atoms with Crippen LogP contribution in [-0.2, 0) is 6.54 Å². The Morgan fingerprint density at radius 3 is 3.06 bits per heavy atom. The Morgan fingerprint density at radius 2 is 2.38 bits per heavy atom. The molecule has 1 unspecified atom stereocenters. The predicted molar refractivity (Wildman–Crippen MR) is 71.0 cm³/mol. The molecule has 1 atom stereocenters. The van der Waals surface area contributed by atoms with Gasteiger partial charge in [0.15, 0.2) is 0 Å². The van der Waals surface area contributed by atoms with Crippen molar-refractivity contribution >= 4 is 11.3 Å². The molecule has 2 nitrogen and oxygen atoms in total. The van der Waals surface area contributed by atoms with E-state index < -0.39 is 0 Å². The topological polar surface area (TPSA) is 15.3 Å². The lowest BCUT2D eigenvalue weighted by Crippen LogP contribution is -2.36. The molecule has 16 heavy (non-hydrogen) atoms. The summed E-state index contributed by atoms with van der Waals surface area (Å²) in [5.74, 6) is 0. The fraction of sp³-hybridized carbons (Fsp3) is 0.692. The van der Waals surface area contributed by atoms with E-state index >= 15 is 0 Å². The molecule has 90 valence electrons. The summed E-state index contributed by atoms with van der Waals surface area (Å²) in [6.45, 7) is 9.21. The van der Waals surface area contributed by atoms with Crippen LogP contribution < -0.4 is 5.32 Å². The number of aryl methyl sites for hydroxylation is 1. The highest BCUT2D eigenvalue weighted by atomic mass is 32.1. The summed E-state index contributed by atoms with van der Waals surface area (Å²) in [4.78, 5) is 5.53. The highest BCUT2D eigenvalue weighted by Gasteiger charge is 2.16. The summed E-state index contributed by atoms with van der Waals surface area (Å²) in [6, 6.07) is 5.19. The van der Waals surface area contributed by atoms with Gasteiger partial charge in [-0.05, 0) is 45.0 Å². The highest BCUT2D eigenvalue weighted by Crippen LogP contribution is 2.18. The number of hydrogen-bond acceptors (Lipinski definition) is 3. The molecule has 1 aromatic heterocycles. The van der Waals surface area contributed by atoms with E-state index in [4.69, 9.17) is 0 Å². The summed E-state index contributed by atoms with van der Waals surface area (Å²) in [5.41, 5.74) is 0. The molecule has 2 heterocycles. The molecule has 1 saturated heterocycles. The van der Waals surface area contributed by atoms with Crippen molar-refractivity contribution in [1.29, 1.82) is 0 Å². The van der Waals surface area contributed by atoms with Gasteiger partial charge in [-0.25, -0.2) is 0 Å². The molecule has 1 N–H and O–H groups in total. The minimum absolute atomic E-state index is 0.684. The third-order valence-electron chi connectivity index (χ3n) is 3.23. The van der Waals surface area contributed by atoms with Gasteiger partial charge in [-0.1, -0.05) is 6.92 Å². The average molecular weight is 238 g/mol. The molecule has 0 amide bonds. The monoisotopic (exact) mass is 238 g/mol. The van der Waals surface area contributed by atoms with E-state index in [1.165, 1.54) is 42.2 Å². The van der Waals surface area contributed by atoms with Crippen LogP contribution in [-0.4, -0.2) is 30.6 Å². The zero-order chi connectivity index (χ0) is 11.4. The van der Waals surface area contributed by atoms with E-state index in [0.29, 0.717) is 6.04 Å². The third-order valence-corrected chi connectivity index (χ3v) is 4.22. The van der Waals surface area contributed by atoms with Crippen LogP contribution in [0.3, 0.4) is 0 Å². The molecule has 0 saturated carbocycles. The van der Waals surface area contributed by atoms with Crippen molar-refractivity contribution in [2.75, 3.05) is 19.6 Å². The van der Waals surface area contributed by atoms with Crippen LogP contribution in [0.5, 0.6) is 0 Å². The standard InChI is InChI=1S/C13H22N2S/c1-3-12-9-15(8-4-7-14-12)10-13-6-5-11(2)16-13/h5-6,12,14H,3-4,7-10H2,1-2H3. The van der Waals surface area contributed by atoms with Crippen LogP contribution in [0.25, 0.3) is 0 Å². The molecule has 0 aliphatic carbocycles. The largest absolute Gasteiger partial charge is 0.313 e. The molecule has 1 aromatic rings. The van der Waals surface area contributed by atoms with Gasteiger partial charge in [-0.15, -0.1) is 11.3 Å². The van der Waals surface area contributed by atoms with Gasteiger partial charge in [0.05, 0.1) is 0 Å². The fourth-order valence-electron chi connectivity index (χ4n) is 2.28. The molecule has 0 aromatic carbocycles. The second-order valence-electron chi connectivity index (χ2n) is 4.66. The Morgan fingerprint density at radius 1 is 1.50 bits per heavy atom. The average Bonchev–Trinajstić information content (AvgIpc) is 2.55. The number of thiophene rings is 1. The van der Waals surface area contributed by atoms with Gasteiger partial charge in [0.1, 0.15) is 0 Å². The maximum atomic E-state index is 3.61. The molecule has 3 heteroatoms. The van der Waals surface area contributed by atoms with Gasteiger partial charge in [0.25, 0.3) is 0 Å². The summed E-state index contributed by atoms with van der Waals surface area (Å²) in [7, 11) is 0. The maximum absolute atomic E-state index is 3.61. The van der Waals surface area contributed by atoms with E-state index in [1.807, 2.05) is 11.3 Å². The lowest BCUT2D eigenvalue weighted by Gasteiger charge is -2.22. The quantitative estimate of drug-likeness (QED) is 0.871. The number of rotatable bonds is 3. The lowest BCUT2D eigenvalue weighted by atomic mass is 10.2. The zero-order valence-corrected chi connectivity index (χ0v) is 11.1. The van der Waals surface area contributed by atoms with E-state index in [-0.39, 0.29) is 0 Å². The van der Waals surface area contributed by atoms with E-state index in [0.717, 1.165) is 6.54 Å². The first-order chi connectivity index (χ1) is 7.78. The first kappa shape index (κ1) is 12.1. The minimum Gasteiger partial charge on any atom is -0.313 e. The Hall–Kier alpha value is -0.380. The van der Waals surface area contributed by atoms with E-state index in [1.54, 1.807) is 0 Å². The summed E-state index contributed by atoms with van der Waals surface area (Å²) in [6.07, 6.45) is 2.51. The Labute approximate surface area is 103 Å². The molecular weight excluding hydrogens is 216 g/mol. The molecular formula is C13H22N2S. The second kappa shape index (κ2) is 5.80. The van der Waals surface area contributed by atoms with Gasteiger partial charge in [0.2, 0.25) is 0 Å². The molecule has 0 radical (unpaired) electrons.